The smallest absolute Gasteiger partial charge is 0.384 e. The quantitative estimate of drug-likeness (QED) is 0.822. The molecular weight excluding hydrogens is 259 g/mol. The van der Waals surface area contributed by atoms with Gasteiger partial charge >= 0.3 is 6.18 Å². The number of halogens is 3. The number of alkyl halides is 3. The maximum atomic E-state index is 11.9. The first kappa shape index (κ1) is 15.1. The van der Waals surface area contributed by atoms with Crippen molar-refractivity contribution in [3.8, 4) is 11.8 Å². The number of benzene rings is 1. The van der Waals surface area contributed by atoms with E-state index < -0.39 is 25.0 Å². The zero-order chi connectivity index (χ0) is 14.3. The molecule has 0 atom stereocenters. The van der Waals surface area contributed by atoms with Crippen molar-refractivity contribution >= 4 is 5.91 Å². The first-order valence-corrected chi connectivity index (χ1v) is 5.47. The van der Waals surface area contributed by atoms with Crippen molar-refractivity contribution in [2.24, 2.45) is 0 Å². The van der Waals surface area contributed by atoms with E-state index in [1.165, 1.54) is 12.1 Å². The van der Waals surface area contributed by atoms with Crippen molar-refractivity contribution in [3.05, 3.63) is 35.4 Å². The maximum absolute atomic E-state index is 11.9. The van der Waals surface area contributed by atoms with Gasteiger partial charge in [0.25, 0.3) is 5.91 Å². The minimum Gasteiger partial charge on any atom is -0.384 e. The van der Waals surface area contributed by atoms with Crippen molar-refractivity contribution in [1.82, 2.24) is 5.32 Å². The van der Waals surface area contributed by atoms with Crippen LogP contribution in [0.3, 0.4) is 0 Å². The van der Waals surface area contributed by atoms with E-state index in [1.807, 2.05) is 0 Å². The second kappa shape index (κ2) is 6.81. The average molecular weight is 271 g/mol. The van der Waals surface area contributed by atoms with Crippen molar-refractivity contribution in [3.63, 3.8) is 0 Å². The Balaban J connectivity index is 2.62. The van der Waals surface area contributed by atoms with E-state index in [2.05, 4.69) is 17.2 Å². The fourth-order valence-corrected chi connectivity index (χ4v) is 1.30. The van der Waals surface area contributed by atoms with E-state index in [4.69, 9.17) is 5.11 Å². The van der Waals surface area contributed by atoms with Gasteiger partial charge < -0.3 is 10.4 Å². The number of hydrogen-bond acceptors (Lipinski definition) is 2. The van der Waals surface area contributed by atoms with E-state index >= 15 is 0 Å². The lowest BCUT2D eigenvalue weighted by atomic mass is 10.1. The number of rotatable bonds is 3. The normalized spacial score (nSPS) is 10.5. The Kier molecular flexibility index (Phi) is 5.39. The van der Waals surface area contributed by atoms with Gasteiger partial charge in [-0.05, 0) is 18.2 Å². The number of carbonyl (C=O) groups excluding carboxylic acids is 1. The number of aliphatic hydroxyl groups is 1. The fourth-order valence-electron chi connectivity index (χ4n) is 1.30. The molecule has 0 aliphatic carbocycles. The molecule has 0 aromatic heterocycles. The Hall–Kier alpha value is -2.00. The molecule has 1 aromatic rings. The molecule has 0 bridgehead atoms. The summed E-state index contributed by atoms with van der Waals surface area (Å²) in [6.07, 6.45) is -5.36. The van der Waals surface area contributed by atoms with Crippen molar-refractivity contribution < 1.29 is 23.1 Å². The molecule has 102 valence electrons. The Morgan fingerprint density at radius 2 is 2.11 bits per heavy atom. The van der Waals surface area contributed by atoms with E-state index in [0.29, 0.717) is 5.56 Å². The van der Waals surface area contributed by atoms with Gasteiger partial charge in [0.2, 0.25) is 0 Å². The van der Waals surface area contributed by atoms with Gasteiger partial charge in [0.05, 0.1) is 6.42 Å². The molecule has 0 unspecified atom stereocenters. The number of carbonyl (C=O) groups is 1. The summed E-state index contributed by atoms with van der Waals surface area (Å²) in [7, 11) is 0. The van der Waals surface area contributed by atoms with E-state index in [0.717, 1.165) is 0 Å². The molecule has 1 aromatic carbocycles. The van der Waals surface area contributed by atoms with Crippen LogP contribution in [-0.4, -0.2) is 30.3 Å². The van der Waals surface area contributed by atoms with Crippen LogP contribution < -0.4 is 5.32 Å². The molecule has 0 spiro atoms. The first-order chi connectivity index (χ1) is 8.92. The zero-order valence-corrected chi connectivity index (χ0v) is 9.92. The van der Waals surface area contributed by atoms with Crippen LogP contribution in [0.5, 0.6) is 0 Å². The van der Waals surface area contributed by atoms with Crippen molar-refractivity contribution in [2.75, 3.05) is 13.2 Å². The SMILES string of the molecule is O=C(NCCC(F)(F)F)c1cccc(C#CCO)c1. The van der Waals surface area contributed by atoms with Crippen molar-refractivity contribution in [2.45, 2.75) is 12.6 Å². The Bertz CT molecular complexity index is 501. The third-order valence-corrected chi connectivity index (χ3v) is 2.13. The zero-order valence-electron chi connectivity index (χ0n) is 9.92. The van der Waals surface area contributed by atoms with Crippen LogP contribution in [0.4, 0.5) is 13.2 Å². The lowest BCUT2D eigenvalue weighted by Crippen LogP contribution is -2.27. The Labute approximate surface area is 108 Å². The number of amides is 1. The maximum Gasteiger partial charge on any atom is 0.390 e. The monoisotopic (exact) mass is 271 g/mol. The summed E-state index contributed by atoms with van der Waals surface area (Å²) in [5.74, 6) is 4.44. The topological polar surface area (TPSA) is 49.3 Å². The predicted octanol–water partition coefficient (Wildman–Crippen LogP) is 1.71. The average Bonchev–Trinajstić information content (AvgIpc) is 2.35. The second-order valence-electron chi connectivity index (χ2n) is 3.66. The van der Waals surface area contributed by atoms with Gasteiger partial charge in [0, 0.05) is 17.7 Å². The second-order valence-corrected chi connectivity index (χ2v) is 3.66. The summed E-state index contributed by atoms with van der Waals surface area (Å²) in [4.78, 5) is 11.6. The minimum atomic E-state index is -4.29. The van der Waals surface area contributed by atoms with Crippen LogP contribution in [0.25, 0.3) is 0 Å². The number of aliphatic hydroxyl groups excluding tert-OH is 1. The van der Waals surface area contributed by atoms with Crippen LogP contribution in [0.15, 0.2) is 24.3 Å². The predicted molar refractivity (Wildman–Crippen MR) is 63.4 cm³/mol. The highest BCUT2D eigenvalue weighted by Gasteiger charge is 2.26. The van der Waals surface area contributed by atoms with E-state index in [-0.39, 0.29) is 12.2 Å². The highest BCUT2D eigenvalue weighted by atomic mass is 19.4. The van der Waals surface area contributed by atoms with Gasteiger partial charge in [0.15, 0.2) is 0 Å². The van der Waals surface area contributed by atoms with Crippen LogP contribution in [0.1, 0.15) is 22.3 Å². The van der Waals surface area contributed by atoms with Crippen LogP contribution in [0.2, 0.25) is 0 Å². The number of nitrogens with one attached hydrogen (secondary N) is 1. The summed E-state index contributed by atoms with van der Waals surface area (Å²) in [6.45, 7) is -0.767. The Morgan fingerprint density at radius 1 is 1.37 bits per heavy atom. The highest BCUT2D eigenvalue weighted by Crippen LogP contribution is 2.18. The van der Waals surface area contributed by atoms with Gasteiger partial charge in [-0.25, -0.2) is 0 Å². The fraction of sp³-hybridized carbons (Fsp3) is 0.308. The van der Waals surface area contributed by atoms with Crippen molar-refractivity contribution in [1.29, 1.82) is 0 Å². The molecule has 1 rings (SSSR count). The molecule has 2 N–H and O–H groups in total. The summed E-state index contributed by atoms with van der Waals surface area (Å²) in [5, 5.41) is 10.7. The summed E-state index contributed by atoms with van der Waals surface area (Å²) < 4.78 is 35.8. The molecule has 0 saturated carbocycles. The summed E-state index contributed by atoms with van der Waals surface area (Å²) in [5.41, 5.74) is 0.740. The van der Waals surface area contributed by atoms with Gasteiger partial charge in [-0.15, -0.1) is 0 Å². The standard InChI is InChI=1S/C13H12F3NO2/c14-13(15,16)6-7-17-12(19)11-5-1-3-10(9-11)4-2-8-18/h1,3,5,9,18H,6-8H2,(H,17,19). The Morgan fingerprint density at radius 3 is 2.74 bits per heavy atom. The van der Waals surface area contributed by atoms with Gasteiger partial charge in [-0.3, -0.25) is 4.79 Å². The molecule has 19 heavy (non-hydrogen) atoms. The molecule has 3 nitrogen and oxygen atoms in total. The molecule has 0 fully saturated rings. The van der Waals surface area contributed by atoms with Gasteiger partial charge in [-0.2, -0.15) is 13.2 Å². The lowest BCUT2D eigenvalue weighted by Gasteiger charge is -2.08. The highest BCUT2D eigenvalue weighted by molar-refractivity contribution is 5.94. The molecular formula is C13H12F3NO2. The molecule has 0 saturated heterocycles. The molecule has 0 aliphatic heterocycles. The third kappa shape index (κ3) is 5.93. The molecule has 6 heteroatoms. The third-order valence-electron chi connectivity index (χ3n) is 2.13. The van der Waals surface area contributed by atoms with Crippen LogP contribution in [0, 0.1) is 11.8 Å². The largest absolute Gasteiger partial charge is 0.390 e. The van der Waals surface area contributed by atoms with Crippen LogP contribution >= 0.6 is 0 Å². The molecule has 0 radical (unpaired) electrons. The van der Waals surface area contributed by atoms with E-state index in [1.54, 1.807) is 12.1 Å². The molecule has 0 heterocycles. The minimum absolute atomic E-state index is 0.229. The van der Waals surface area contributed by atoms with E-state index in [9.17, 15) is 18.0 Å². The summed E-state index contributed by atoms with van der Waals surface area (Å²) in [6, 6.07) is 6.13. The van der Waals surface area contributed by atoms with Gasteiger partial charge in [0.1, 0.15) is 6.61 Å². The van der Waals surface area contributed by atoms with Gasteiger partial charge in [-0.1, -0.05) is 17.9 Å². The lowest BCUT2D eigenvalue weighted by molar-refractivity contribution is -0.132. The molecule has 0 aliphatic rings. The summed E-state index contributed by atoms with van der Waals surface area (Å²) >= 11 is 0. The van der Waals surface area contributed by atoms with Crippen LogP contribution in [-0.2, 0) is 0 Å². The number of hydrogen-bond donors (Lipinski definition) is 2. The first-order valence-electron chi connectivity index (χ1n) is 5.47. The molecule has 1 amide bonds.